The van der Waals surface area contributed by atoms with Gasteiger partial charge in [0.1, 0.15) is 0 Å². The lowest BCUT2D eigenvalue weighted by Crippen LogP contribution is -2.26. The van der Waals surface area contributed by atoms with Crippen molar-refractivity contribution in [1.29, 1.82) is 0 Å². The Hall–Kier alpha value is -3.23. The first-order valence-corrected chi connectivity index (χ1v) is 11.1. The van der Waals surface area contributed by atoms with Crippen LogP contribution in [0.3, 0.4) is 0 Å². The quantitative estimate of drug-likeness (QED) is 0.385. The predicted molar refractivity (Wildman–Crippen MR) is 123 cm³/mol. The number of aliphatic hydroxyl groups is 1. The van der Waals surface area contributed by atoms with E-state index in [0.717, 1.165) is 32.2 Å². The Morgan fingerprint density at radius 2 is 1.91 bits per heavy atom. The van der Waals surface area contributed by atoms with Gasteiger partial charge in [0.15, 0.2) is 0 Å². The van der Waals surface area contributed by atoms with Gasteiger partial charge in [0.25, 0.3) is 5.91 Å². The van der Waals surface area contributed by atoms with E-state index in [1.165, 1.54) is 23.5 Å². The molecule has 0 fully saturated rings. The number of aromatic nitrogens is 1. The van der Waals surface area contributed by atoms with Crippen molar-refractivity contribution in [2.24, 2.45) is 0 Å². The van der Waals surface area contributed by atoms with Gasteiger partial charge < -0.3 is 10.4 Å². The highest BCUT2D eigenvalue weighted by Crippen LogP contribution is 2.39. The number of hydrogen-bond acceptors (Lipinski definition) is 4. The van der Waals surface area contributed by atoms with E-state index in [0.29, 0.717) is 23.2 Å². The number of aliphatic hydroxyl groups excluding tert-OH is 1. The molecule has 170 valence electrons. The number of carbonyl (C=O) groups excluding carboxylic acids is 1. The van der Waals surface area contributed by atoms with E-state index in [2.05, 4.69) is 10.3 Å². The first-order chi connectivity index (χ1) is 15.8. The van der Waals surface area contributed by atoms with Crippen LogP contribution >= 0.6 is 11.3 Å². The number of rotatable bonds is 6. The van der Waals surface area contributed by atoms with Crippen molar-refractivity contribution >= 4 is 27.3 Å². The zero-order valence-corrected chi connectivity index (χ0v) is 18.6. The number of pyridine rings is 1. The summed E-state index contributed by atoms with van der Waals surface area (Å²) in [6.45, 7) is 1.99. The number of nitrogens with zero attached hydrogens (tertiary/aromatic N) is 1. The maximum Gasteiger partial charge on any atom is 0.416 e. The molecular weight excluding hydrogens is 449 g/mol. The molecule has 1 amide bonds. The Labute approximate surface area is 192 Å². The van der Waals surface area contributed by atoms with Crippen LogP contribution in [0.2, 0.25) is 0 Å². The Morgan fingerprint density at radius 1 is 1.12 bits per heavy atom. The minimum Gasteiger partial charge on any atom is -0.395 e. The molecule has 0 unspecified atom stereocenters. The van der Waals surface area contributed by atoms with E-state index in [1.807, 2.05) is 25.1 Å². The van der Waals surface area contributed by atoms with Crippen molar-refractivity contribution in [3.8, 4) is 11.3 Å². The summed E-state index contributed by atoms with van der Waals surface area (Å²) >= 11 is 1.53. The molecule has 0 spiro atoms. The molecule has 4 aromatic rings. The van der Waals surface area contributed by atoms with E-state index in [1.54, 1.807) is 24.4 Å². The van der Waals surface area contributed by atoms with E-state index >= 15 is 0 Å². The van der Waals surface area contributed by atoms with Crippen molar-refractivity contribution < 1.29 is 23.1 Å². The van der Waals surface area contributed by atoms with Crippen molar-refractivity contribution in [3.05, 3.63) is 87.9 Å². The fourth-order valence-corrected chi connectivity index (χ4v) is 5.06. The normalized spacial score (nSPS) is 11.7. The number of alkyl halides is 3. The van der Waals surface area contributed by atoms with Crippen LogP contribution in [-0.2, 0) is 12.6 Å². The Balaban J connectivity index is 1.71. The molecule has 8 heteroatoms. The van der Waals surface area contributed by atoms with Crippen LogP contribution in [0.25, 0.3) is 21.3 Å². The highest BCUT2D eigenvalue weighted by Gasteiger charge is 2.30. The third kappa shape index (κ3) is 4.91. The number of nitrogens with one attached hydrogen (secondary N) is 1. The molecular formula is C25H21F3N2O2S. The molecule has 2 aromatic heterocycles. The van der Waals surface area contributed by atoms with Crippen LogP contribution in [0.15, 0.2) is 60.8 Å². The zero-order valence-electron chi connectivity index (χ0n) is 17.7. The number of hydrogen-bond donors (Lipinski definition) is 2. The Kier molecular flexibility index (Phi) is 6.49. The molecule has 2 N–H and O–H groups in total. The van der Waals surface area contributed by atoms with E-state index in [-0.39, 0.29) is 19.1 Å². The van der Waals surface area contributed by atoms with E-state index < -0.39 is 11.7 Å². The number of fused-ring (bicyclic) bond motifs is 1. The van der Waals surface area contributed by atoms with Crippen LogP contribution in [0.4, 0.5) is 13.2 Å². The molecule has 0 aliphatic rings. The van der Waals surface area contributed by atoms with Crippen molar-refractivity contribution in [3.63, 3.8) is 0 Å². The molecule has 0 bridgehead atoms. The van der Waals surface area contributed by atoms with Gasteiger partial charge in [-0.05, 0) is 41.6 Å². The summed E-state index contributed by atoms with van der Waals surface area (Å²) in [6, 6.07) is 14.5. The smallest absolute Gasteiger partial charge is 0.395 e. The maximum atomic E-state index is 13.1. The summed E-state index contributed by atoms with van der Waals surface area (Å²) in [5, 5.41) is 12.6. The van der Waals surface area contributed by atoms with Gasteiger partial charge in [0.2, 0.25) is 0 Å². The van der Waals surface area contributed by atoms with Gasteiger partial charge in [0.05, 0.1) is 17.9 Å². The Morgan fingerprint density at radius 3 is 2.67 bits per heavy atom. The number of benzene rings is 2. The van der Waals surface area contributed by atoms with Gasteiger partial charge in [0, 0.05) is 39.9 Å². The molecule has 4 nitrogen and oxygen atoms in total. The molecule has 0 radical (unpaired) electrons. The van der Waals surface area contributed by atoms with Gasteiger partial charge in [-0.25, -0.2) is 0 Å². The van der Waals surface area contributed by atoms with Crippen LogP contribution in [-0.4, -0.2) is 29.1 Å². The summed E-state index contributed by atoms with van der Waals surface area (Å²) < 4.78 is 40.3. The second kappa shape index (κ2) is 9.33. The minimum absolute atomic E-state index is 0.147. The number of aryl methyl sites for hydroxylation is 1. The monoisotopic (exact) mass is 470 g/mol. The fraction of sp³-hybridized carbons (Fsp3) is 0.200. The van der Waals surface area contributed by atoms with Crippen LogP contribution in [0, 0.1) is 6.92 Å². The van der Waals surface area contributed by atoms with Crippen molar-refractivity contribution in [1.82, 2.24) is 10.3 Å². The third-order valence-corrected chi connectivity index (χ3v) is 6.72. The van der Waals surface area contributed by atoms with Crippen LogP contribution in [0.1, 0.15) is 31.9 Å². The SMILES string of the molecule is Cc1c(Cc2cccc(C(F)(F)F)c2)sc2c(-c3cc(C(=O)NCCO)ccn3)cccc12. The molecule has 4 rings (SSSR count). The summed E-state index contributed by atoms with van der Waals surface area (Å²) in [6.07, 6.45) is -2.42. The summed E-state index contributed by atoms with van der Waals surface area (Å²) in [7, 11) is 0. The lowest BCUT2D eigenvalue weighted by atomic mass is 10.0. The van der Waals surface area contributed by atoms with Gasteiger partial charge in [-0.3, -0.25) is 9.78 Å². The number of halogens is 3. The van der Waals surface area contributed by atoms with Gasteiger partial charge in [-0.1, -0.05) is 36.4 Å². The number of carbonyl (C=O) groups is 1. The fourth-order valence-electron chi connectivity index (χ4n) is 3.70. The summed E-state index contributed by atoms with van der Waals surface area (Å²) in [5.41, 5.74) is 2.88. The van der Waals surface area contributed by atoms with E-state index in [9.17, 15) is 18.0 Å². The van der Waals surface area contributed by atoms with Crippen molar-refractivity contribution in [2.45, 2.75) is 19.5 Å². The van der Waals surface area contributed by atoms with Crippen molar-refractivity contribution in [2.75, 3.05) is 13.2 Å². The first kappa shape index (κ1) is 22.9. The van der Waals surface area contributed by atoms with Gasteiger partial charge >= 0.3 is 6.18 Å². The Bertz CT molecular complexity index is 1310. The minimum atomic E-state index is -4.38. The van der Waals surface area contributed by atoms with Gasteiger partial charge in [-0.2, -0.15) is 13.2 Å². The second-order valence-electron chi connectivity index (χ2n) is 7.62. The molecule has 0 saturated heterocycles. The molecule has 33 heavy (non-hydrogen) atoms. The lowest BCUT2D eigenvalue weighted by molar-refractivity contribution is -0.137. The van der Waals surface area contributed by atoms with E-state index in [4.69, 9.17) is 5.11 Å². The molecule has 2 heterocycles. The summed E-state index contributed by atoms with van der Waals surface area (Å²) in [4.78, 5) is 17.7. The van der Waals surface area contributed by atoms with Crippen LogP contribution < -0.4 is 5.32 Å². The van der Waals surface area contributed by atoms with Gasteiger partial charge in [-0.15, -0.1) is 11.3 Å². The second-order valence-corrected chi connectivity index (χ2v) is 8.72. The lowest BCUT2D eigenvalue weighted by Gasteiger charge is -2.08. The molecule has 0 aliphatic heterocycles. The highest BCUT2D eigenvalue weighted by atomic mass is 32.1. The zero-order chi connectivity index (χ0) is 23.6. The molecule has 0 aliphatic carbocycles. The topological polar surface area (TPSA) is 62.2 Å². The number of amides is 1. The van der Waals surface area contributed by atoms with Crippen LogP contribution in [0.5, 0.6) is 0 Å². The standard InChI is InChI=1S/C25H21F3N2O2S/c1-15-19-6-3-7-20(21-14-17(8-9-29-21)24(32)30-10-11-31)23(19)33-22(15)13-16-4-2-5-18(12-16)25(26,27)28/h2-9,12,14,31H,10-11,13H2,1H3,(H,30,32). The number of thiophene rings is 1. The first-order valence-electron chi connectivity index (χ1n) is 10.3. The average Bonchev–Trinajstić information content (AvgIpc) is 3.12. The summed E-state index contributed by atoms with van der Waals surface area (Å²) in [5.74, 6) is -0.299. The third-order valence-electron chi connectivity index (χ3n) is 5.38. The highest BCUT2D eigenvalue weighted by molar-refractivity contribution is 7.19. The molecule has 0 atom stereocenters. The average molecular weight is 471 g/mol. The largest absolute Gasteiger partial charge is 0.416 e. The molecule has 2 aromatic carbocycles. The molecule has 0 saturated carbocycles. The predicted octanol–water partition coefficient (Wildman–Crippen LogP) is 5.60. The maximum absolute atomic E-state index is 13.1.